The van der Waals surface area contributed by atoms with Crippen LogP contribution in [0, 0.1) is 0 Å². The van der Waals surface area contributed by atoms with Crippen molar-refractivity contribution in [2.45, 2.75) is 6.54 Å². The van der Waals surface area contributed by atoms with Gasteiger partial charge in [-0.2, -0.15) is 0 Å². The molecule has 0 aliphatic rings. The predicted molar refractivity (Wildman–Crippen MR) is 80.3 cm³/mol. The molecular weight excluding hydrogens is 352 g/mol. The van der Waals surface area contributed by atoms with Crippen molar-refractivity contribution in [1.82, 2.24) is 4.98 Å². The topological polar surface area (TPSA) is 53.4 Å². The molecular formula is C12H10BrClN2O2S. The van der Waals surface area contributed by atoms with Crippen LogP contribution in [0.3, 0.4) is 0 Å². The summed E-state index contributed by atoms with van der Waals surface area (Å²) >= 11 is 10.8. The van der Waals surface area contributed by atoms with Crippen molar-refractivity contribution in [1.29, 1.82) is 0 Å². The van der Waals surface area contributed by atoms with Gasteiger partial charge < -0.3 is 10.0 Å². The fourth-order valence-electron chi connectivity index (χ4n) is 1.63. The average Bonchev–Trinajstić information content (AvgIpc) is 2.74. The van der Waals surface area contributed by atoms with E-state index in [4.69, 9.17) is 16.7 Å². The molecule has 0 aliphatic carbocycles. The number of hydrogen-bond acceptors (Lipinski definition) is 4. The molecule has 0 aromatic carbocycles. The summed E-state index contributed by atoms with van der Waals surface area (Å²) in [6.07, 6.45) is 0. The second kappa shape index (κ2) is 5.90. The summed E-state index contributed by atoms with van der Waals surface area (Å²) in [5.41, 5.74) is 0.141. The number of aromatic carboxylic acids is 1. The first kappa shape index (κ1) is 14.3. The van der Waals surface area contributed by atoms with Gasteiger partial charge >= 0.3 is 5.97 Å². The molecule has 0 spiro atoms. The van der Waals surface area contributed by atoms with E-state index in [1.165, 1.54) is 12.1 Å². The lowest BCUT2D eigenvalue weighted by atomic mass is 10.2. The monoisotopic (exact) mass is 360 g/mol. The number of thiophene rings is 1. The summed E-state index contributed by atoms with van der Waals surface area (Å²) in [5, 5.41) is 11.4. The number of halogens is 2. The molecule has 0 unspecified atom stereocenters. The van der Waals surface area contributed by atoms with E-state index in [0.29, 0.717) is 12.4 Å². The van der Waals surface area contributed by atoms with Crippen molar-refractivity contribution >= 4 is 50.7 Å². The number of pyridine rings is 1. The highest BCUT2D eigenvalue weighted by Crippen LogP contribution is 2.25. The summed E-state index contributed by atoms with van der Waals surface area (Å²) in [5.74, 6) is -0.650. The van der Waals surface area contributed by atoms with E-state index in [1.807, 2.05) is 11.4 Å². The van der Waals surface area contributed by atoms with Crippen molar-refractivity contribution in [3.05, 3.63) is 43.6 Å². The molecule has 19 heavy (non-hydrogen) atoms. The van der Waals surface area contributed by atoms with Gasteiger partial charge in [-0.3, -0.25) is 0 Å². The predicted octanol–water partition coefficient (Wildman–Crippen LogP) is 3.89. The molecule has 0 radical (unpaired) electrons. The lowest BCUT2D eigenvalue weighted by molar-refractivity contribution is 0.0697. The molecule has 0 fully saturated rings. The largest absolute Gasteiger partial charge is 0.478 e. The van der Waals surface area contributed by atoms with Crippen LogP contribution < -0.4 is 4.90 Å². The van der Waals surface area contributed by atoms with Crippen LogP contribution in [0.15, 0.2) is 28.1 Å². The highest BCUT2D eigenvalue weighted by molar-refractivity contribution is 9.10. The molecule has 100 valence electrons. The lowest BCUT2D eigenvalue weighted by Gasteiger charge is -2.19. The van der Waals surface area contributed by atoms with E-state index >= 15 is 0 Å². The fraction of sp³-hybridized carbons (Fsp3) is 0.167. The van der Waals surface area contributed by atoms with Gasteiger partial charge in [0.15, 0.2) is 0 Å². The number of anilines is 1. The number of carboxylic acids is 1. The van der Waals surface area contributed by atoms with E-state index in [0.717, 1.165) is 9.35 Å². The Labute approximate surface area is 127 Å². The fourth-order valence-corrected chi connectivity index (χ4v) is 3.28. The Morgan fingerprint density at radius 1 is 1.58 bits per heavy atom. The molecule has 0 amide bonds. The molecule has 7 heteroatoms. The van der Waals surface area contributed by atoms with Crippen LogP contribution in [0.1, 0.15) is 15.2 Å². The van der Waals surface area contributed by atoms with Gasteiger partial charge in [0, 0.05) is 21.8 Å². The number of hydrogen-bond donors (Lipinski definition) is 1. The van der Waals surface area contributed by atoms with Crippen LogP contribution >= 0.6 is 38.9 Å². The third kappa shape index (κ3) is 3.46. The third-order valence-electron chi connectivity index (χ3n) is 2.45. The number of carbonyl (C=O) groups is 1. The molecule has 2 aromatic heterocycles. The summed E-state index contributed by atoms with van der Waals surface area (Å²) in [6, 6.07) is 4.93. The molecule has 0 atom stereocenters. The molecule has 1 N–H and O–H groups in total. The normalized spacial score (nSPS) is 10.5. The molecule has 2 rings (SSSR count). The Morgan fingerprint density at radius 3 is 2.89 bits per heavy atom. The quantitative estimate of drug-likeness (QED) is 0.839. The van der Waals surface area contributed by atoms with Gasteiger partial charge in [-0.15, -0.1) is 11.3 Å². The molecule has 0 bridgehead atoms. The Kier molecular flexibility index (Phi) is 4.44. The van der Waals surface area contributed by atoms with Gasteiger partial charge in [-0.05, 0) is 34.1 Å². The zero-order valence-electron chi connectivity index (χ0n) is 9.93. The first-order chi connectivity index (χ1) is 8.97. The van der Waals surface area contributed by atoms with E-state index in [9.17, 15) is 4.79 Å². The number of nitrogens with zero attached hydrogens (tertiary/aromatic N) is 2. The van der Waals surface area contributed by atoms with Gasteiger partial charge in [0.05, 0.1) is 6.54 Å². The number of aromatic nitrogens is 1. The van der Waals surface area contributed by atoms with Crippen molar-refractivity contribution in [2.24, 2.45) is 0 Å². The van der Waals surface area contributed by atoms with Crippen molar-refractivity contribution in [3.63, 3.8) is 0 Å². The Balaban J connectivity index is 2.29. The maximum atomic E-state index is 11.2. The summed E-state index contributed by atoms with van der Waals surface area (Å²) < 4.78 is 1.01. The molecule has 2 heterocycles. The van der Waals surface area contributed by atoms with Crippen LogP contribution in [-0.2, 0) is 6.54 Å². The highest BCUT2D eigenvalue weighted by Gasteiger charge is 2.16. The van der Waals surface area contributed by atoms with E-state index < -0.39 is 5.97 Å². The third-order valence-corrected chi connectivity index (χ3v) is 4.34. The number of rotatable bonds is 4. The second-order valence-corrected chi connectivity index (χ2v) is 6.20. The van der Waals surface area contributed by atoms with Crippen molar-refractivity contribution in [2.75, 3.05) is 11.9 Å². The summed E-state index contributed by atoms with van der Waals surface area (Å²) in [7, 11) is 1.79. The van der Waals surface area contributed by atoms with Crippen LogP contribution in [-0.4, -0.2) is 23.1 Å². The van der Waals surface area contributed by atoms with E-state index in [1.54, 1.807) is 23.3 Å². The molecule has 0 saturated carbocycles. The highest BCUT2D eigenvalue weighted by atomic mass is 79.9. The van der Waals surface area contributed by atoms with Gasteiger partial charge in [-0.25, -0.2) is 9.78 Å². The van der Waals surface area contributed by atoms with Crippen molar-refractivity contribution < 1.29 is 9.90 Å². The summed E-state index contributed by atoms with van der Waals surface area (Å²) in [6.45, 7) is 0.573. The minimum absolute atomic E-state index is 0.141. The van der Waals surface area contributed by atoms with E-state index in [2.05, 4.69) is 20.9 Å². The smallest absolute Gasteiger partial charge is 0.339 e. The van der Waals surface area contributed by atoms with E-state index in [-0.39, 0.29) is 10.7 Å². The van der Waals surface area contributed by atoms with Gasteiger partial charge in [0.1, 0.15) is 16.5 Å². The zero-order valence-corrected chi connectivity index (χ0v) is 13.1. The minimum Gasteiger partial charge on any atom is -0.478 e. The Hall–Kier alpha value is -1.11. The van der Waals surface area contributed by atoms with Gasteiger partial charge in [-0.1, -0.05) is 11.6 Å². The first-order valence-corrected chi connectivity index (χ1v) is 7.36. The van der Waals surface area contributed by atoms with Crippen LogP contribution in [0.25, 0.3) is 0 Å². The first-order valence-electron chi connectivity index (χ1n) is 5.31. The summed E-state index contributed by atoms with van der Waals surface area (Å²) in [4.78, 5) is 18.2. The van der Waals surface area contributed by atoms with Crippen LogP contribution in [0.2, 0.25) is 5.15 Å². The zero-order chi connectivity index (χ0) is 14.0. The standard InChI is InChI=1S/C12H10BrClN2O2S/c1-16(5-8-4-7(13)6-19-8)11-9(12(17)18)2-3-10(14)15-11/h2-4,6H,5H2,1H3,(H,17,18). The molecule has 0 aliphatic heterocycles. The SMILES string of the molecule is CN(Cc1cc(Br)cs1)c1nc(Cl)ccc1C(=O)O. The van der Waals surface area contributed by atoms with Crippen LogP contribution in [0.4, 0.5) is 5.82 Å². The lowest BCUT2D eigenvalue weighted by Crippen LogP contribution is -2.20. The molecule has 2 aromatic rings. The Bertz CT molecular complexity index is 618. The maximum absolute atomic E-state index is 11.2. The molecule has 0 saturated heterocycles. The second-order valence-electron chi connectivity index (χ2n) is 3.90. The number of carboxylic acid groups (broad SMARTS) is 1. The van der Waals surface area contributed by atoms with Crippen molar-refractivity contribution in [3.8, 4) is 0 Å². The van der Waals surface area contributed by atoms with Gasteiger partial charge in [0.25, 0.3) is 0 Å². The Morgan fingerprint density at radius 2 is 2.32 bits per heavy atom. The average molecular weight is 362 g/mol. The molecule has 4 nitrogen and oxygen atoms in total. The minimum atomic E-state index is -1.02. The van der Waals surface area contributed by atoms with Crippen LogP contribution in [0.5, 0.6) is 0 Å². The maximum Gasteiger partial charge on any atom is 0.339 e. The van der Waals surface area contributed by atoms with Gasteiger partial charge in [0.2, 0.25) is 0 Å².